The number of nitrogens with one attached hydrogen (secondary N) is 1. The average Bonchev–Trinajstić information content (AvgIpc) is 2.85. The number of aromatic nitrogens is 2. The molecule has 0 unspecified atom stereocenters. The largest absolute Gasteiger partial charge is 0.453 e. The summed E-state index contributed by atoms with van der Waals surface area (Å²) in [5.74, 6) is 0.924. The van der Waals surface area contributed by atoms with Crippen LogP contribution in [0.5, 0.6) is 0 Å². The topological polar surface area (TPSA) is 61.5 Å². The van der Waals surface area contributed by atoms with Gasteiger partial charge < -0.3 is 19.5 Å². The molecule has 0 bridgehead atoms. The number of amides is 1. The van der Waals surface area contributed by atoms with Gasteiger partial charge in [-0.05, 0) is 25.1 Å². The second-order valence-electron chi connectivity index (χ2n) is 4.97. The van der Waals surface area contributed by atoms with Crippen LogP contribution >= 0.6 is 0 Å². The summed E-state index contributed by atoms with van der Waals surface area (Å²) in [6.07, 6.45) is -0.246. The number of aromatic amines is 1. The summed E-state index contributed by atoms with van der Waals surface area (Å²) in [5.41, 5.74) is 3.19. The van der Waals surface area contributed by atoms with Gasteiger partial charge in [0, 0.05) is 31.9 Å². The Bertz CT molecular complexity index is 629. The Labute approximate surface area is 117 Å². The molecule has 0 radical (unpaired) electrons. The summed E-state index contributed by atoms with van der Waals surface area (Å²) < 4.78 is 4.75. The van der Waals surface area contributed by atoms with Gasteiger partial charge in [0.1, 0.15) is 5.82 Å². The van der Waals surface area contributed by atoms with Crippen LogP contribution in [0.3, 0.4) is 0 Å². The standard InChI is InChI=1S/C14H18N4O2/c1-10-15-12-4-3-11(9-13(12)16-10)17-5-7-18(8-6-17)14(19)20-2/h3-4,9H,5-8H2,1-2H3,(H,15,16). The third-order valence-electron chi connectivity index (χ3n) is 3.66. The number of imidazole rings is 1. The summed E-state index contributed by atoms with van der Waals surface area (Å²) in [5, 5.41) is 0. The molecule has 1 aromatic carbocycles. The van der Waals surface area contributed by atoms with Crippen molar-refractivity contribution in [2.45, 2.75) is 6.92 Å². The predicted octanol–water partition coefficient (Wildman–Crippen LogP) is 1.76. The zero-order valence-electron chi connectivity index (χ0n) is 11.7. The van der Waals surface area contributed by atoms with Gasteiger partial charge in [0.05, 0.1) is 18.1 Å². The smallest absolute Gasteiger partial charge is 0.409 e. The zero-order chi connectivity index (χ0) is 14.1. The first-order valence-electron chi connectivity index (χ1n) is 6.71. The number of rotatable bonds is 1. The van der Waals surface area contributed by atoms with Gasteiger partial charge in [-0.15, -0.1) is 0 Å². The van der Waals surface area contributed by atoms with Crippen LogP contribution in [-0.4, -0.2) is 54.2 Å². The van der Waals surface area contributed by atoms with E-state index >= 15 is 0 Å². The molecule has 1 aliphatic rings. The van der Waals surface area contributed by atoms with E-state index in [1.807, 2.05) is 13.0 Å². The number of ether oxygens (including phenoxy) is 1. The Morgan fingerprint density at radius 2 is 2.05 bits per heavy atom. The molecule has 1 amide bonds. The lowest BCUT2D eigenvalue weighted by atomic mass is 10.2. The summed E-state index contributed by atoms with van der Waals surface area (Å²) in [4.78, 5) is 23.1. The summed E-state index contributed by atoms with van der Waals surface area (Å²) in [6.45, 7) is 4.95. The number of piperazine rings is 1. The number of carbonyl (C=O) groups is 1. The highest BCUT2D eigenvalue weighted by Crippen LogP contribution is 2.22. The number of carbonyl (C=O) groups excluding carboxylic acids is 1. The first-order chi connectivity index (χ1) is 9.67. The number of hydrogen-bond acceptors (Lipinski definition) is 4. The van der Waals surface area contributed by atoms with E-state index in [-0.39, 0.29) is 6.09 Å². The molecule has 2 aromatic rings. The third-order valence-corrected chi connectivity index (χ3v) is 3.66. The summed E-state index contributed by atoms with van der Waals surface area (Å²) in [7, 11) is 1.42. The highest BCUT2D eigenvalue weighted by molar-refractivity contribution is 5.79. The highest BCUT2D eigenvalue weighted by Gasteiger charge is 2.21. The molecule has 0 saturated carbocycles. The molecule has 3 rings (SSSR count). The number of fused-ring (bicyclic) bond motifs is 1. The minimum absolute atomic E-state index is 0.246. The third kappa shape index (κ3) is 2.29. The van der Waals surface area contributed by atoms with Crippen LogP contribution in [0, 0.1) is 6.92 Å². The maximum atomic E-state index is 11.5. The van der Waals surface area contributed by atoms with Crippen LogP contribution in [0.25, 0.3) is 11.0 Å². The van der Waals surface area contributed by atoms with Crippen molar-refractivity contribution < 1.29 is 9.53 Å². The van der Waals surface area contributed by atoms with Crippen LogP contribution in [-0.2, 0) is 4.74 Å². The van der Waals surface area contributed by atoms with Gasteiger partial charge in [0.25, 0.3) is 0 Å². The SMILES string of the molecule is COC(=O)N1CCN(c2ccc3nc(C)[nH]c3c2)CC1. The van der Waals surface area contributed by atoms with Gasteiger partial charge in [0.15, 0.2) is 0 Å². The van der Waals surface area contributed by atoms with E-state index in [0.717, 1.165) is 35.6 Å². The van der Waals surface area contributed by atoms with Crippen molar-refractivity contribution in [3.63, 3.8) is 0 Å². The van der Waals surface area contributed by atoms with Crippen molar-refractivity contribution in [2.24, 2.45) is 0 Å². The average molecular weight is 274 g/mol. The van der Waals surface area contributed by atoms with Crippen molar-refractivity contribution in [1.82, 2.24) is 14.9 Å². The summed E-state index contributed by atoms with van der Waals surface area (Å²) in [6, 6.07) is 6.22. The lowest BCUT2D eigenvalue weighted by Crippen LogP contribution is -2.48. The summed E-state index contributed by atoms with van der Waals surface area (Å²) >= 11 is 0. The van der Waals surface area contributed by atoms with Gasteiger partial charge in [-0.25, -0.2) is 9.78 Å². The monoisotopic (exact) mass is 274 g/mol. The number of methoxy groups -OCH3 is 1. The van der Waals surface area contributed by atoms with Gasteiger partial charge in [-0.3, -0.25) is 0 Å². The molecule has 1 aliphatic heterocycles. The Balaban J connectivity index is 1.74. The van der Waals surface area contributed by atoms with Crippen LogP contribution in [0.2, 0.25) is 0 Å². The molecule has 6 heteroatoms. The van der Waals surface area contributed by atoms with Crippen molar-refractivity contribution in [2.75, 3.05) is 38.2 Å². The van der Waals surface area contributed by atoms with Gasteiger partial charge in [0.2, 0.25) is 0 Å². The lowest BCUT2D eigenvalue weighted by Gasteiger charge is -2.35. The number of benzene rings is 1. The van der Waals surface area contributed by atoms with Crippen LogP contribution in [0.15, 0.2) is 18.2 Å². The first-order valence-corrected chi connectivity index (χ1v) is 6.71. The normalized spacial score (nSPS) is 15.7. The molecule has 1 N–H and O–H groups in total. The Kier molecular flexibility index (Phi) is 3.22. The van der Waals surface area contributed by atoms with Gasteiger partial charge in [-0.1, -0.05) is 0 Å². The molecular weight excluding hydrogens is 256 g/mol. The molecule has 1 fully saturated rings. The highest BCUT2D eigenvalue weighted by atomic mass is 16.5. The molecule has 0 aliphatic carbocycles. The fraction of sp³-hybridized carbons (Fsp3) is 0.429. The van der Waals surface area contributed by atoms with Crippen molar-refractivity contribution in [3.8, 4) is 0 Å². The maximum Gasteiger partial charge on any atom is 0.409 e. The van der Waals surface area contributed by atoms with Crippen LogP contribution in [0.1, 0.15) is 5.82 Å². The minimum Gasteiger partial charge on any atom is -0.453 e. The molecule has 1 saturated heterocycles. The quantitative estimate of drug-likeness (QED) is 0.860. The number of anilines is 1. The minimum atomic E-state index is -0.246. The second-order valence-corrected chi connectivity index (χ2v) is 4.97. The number of nitrogens with zero attached hydrogens (tertiary/aromatic N) is 3. The van der Waals surface area contributed by atoms with Crippen LogP contribution in [0.4, 0.5) is 10.5 Å². The molecule has 1 aromatic heterocycles. The first kappa shape index (κ1) is 12.8. The van der Waals surface area contributed by atoms with E-state index < -0.39 is 0 Å². The Hall–Kier alpha value is -2.24. The fourth-order valence-corrected chi connectivity index (χ4v) is 2.60. The van der Waals surface area contributed by atoms with E-state index in [0.29, 0.717) is 13.1 Å². The number of H-pyrrole nitrogens is 1. The van der Waals surface area contributed by atoms with Crippen molar-refractivity contribution in [3.05, 3.63) is 24.0 Å². The molecule has 0 atom stereocenters. The van der Waals surface area contributed by atoms with Gasteiger partial charge >= 0.3 is 6.09 Å². The van der Waals surface area contributed by atoms with Crippen molar-refractivity contribution in [1.29, 1.82) is 0 Å². The second kappa shape index (κ2) is 5.03. The Morgan fingerprint density at radius 3 is 2.75 bits per heavy atom. The molecule has 6 nitrogen and oxygen atoms in total. The molecular formula is C14H18N4O2. The molecule has 2 heterocycles. The van der Waals surface area contributed by atoms with Gasteiger partial charge in [-0.2, -0.15) is 0 Å². The van der Waals surface area contributed by atoms with E-state index in [4.69, 9.17) is 4.74 Å². The Morgan fingerprint density at radius 1 is 1.30 bits per heavy atom. The van der Waals surface area contributed by atoms with E-state index in [2.05, 4.69) is 27.0 Å². The maximum absolute atomic E-state index is 11.5. The fourth-order valence-electron chi connectivity index (χ4n) is 2.60. The van der Waals surface area contributed by atoms with E-state index in [9.17, 15) is 4.79 Å². The predicted molar refractivity (Wildman–Crippen MR) is 77.0 cm³/mol. The van der Waals surface area contributed by atoms with Crippen LogP contribution < -0.4 is 4.90 Å². The zero-order valence-corrected chi connectivity index (χ0v) is 11.7. The molecule has 0 spiro atoms. The number of hydrogen-bond donors (Lipinski definition) is 1. The van der Waals surface area contributed by atoms with E-state index in [1.165, 1.54) is 7.11 Å². The van der Waals surface area contributed by atoms with E-state index in [1.54, 1.807) is 4.90 Å². The van der Waals surface area contributed by atoms with Crippen molar-refractivity contribution >= 4 is 22.8 Å². The molecule has 20 heavy (non-hydrogen) atoms. The lowest BCUT2D eigenvalue weighted by molar-refractivity contribution is 0.121. The molecule has 106 valence electrons. The number of aryl methyl sites for hydroxylation is 1.